The van der Waals surface area contributed by atoms with Gasteiger partial charge in [0.05, 0.1) is 31.4 Å². The first kappa shape index (κ1) is 21.1. The molecule has 2 aromatic rings. The molecule has 1 aliphatic rings. The summed E-state index contributed by atoms with van der Waals surface area (Å²) in [6.07, 6.45) is 0.592. The van der Waals surface area contributed by atoms with Gasteiger partial charge in [-0.05, 0) is 43.2 Å². The molecular weight excluding hydrogens is 388 g/mol. The zero-order chi connectivity index (χ0) is 20.6. The van der Waals surface area contributed by atoms with Crippen molar-refractivity contribution in [3.8, 4) is 5.75 Å². The summed E-state index contributed by atoms with van der Waals surface area (Å²) in [6, 6.07) is 7.81. The molecule has 156 valence electrons. The number of rotatable bonds is 10. The fourth-order valence-corrected chi connectivity index (χ4v) is 2.82. The summed E-state index contributed by atoms with van der Waals surface area (Å²) in [5, 5.41) is 11.3. The van der Waals surface area contributed by atoms with Crippen LogP contribution >= 0.6 is 0 Å². The molecule has 3 rings (SSSR count). The molecule has 2 aromatic carbocycles. The molecule has 0 bridgehead atoms. The lowest BCUT2D eigenvalue weighted by Crippen LogP contribution is -2.05. The Bertz CT molecular complexity index is 842. The van der Waals surface area contributed by atoms with Crippen molar-refractivity contribution in [2.75, 3.05) is 26.4 Å². The van der Waals surface area contributed by atoms with E-state index < -0.39 is 22.8 Å². The van der Waals surface area contributed by atoms with Crippen LogP contribution in [0.2, 0.25) is 0 Å². The number of unbranched alkanes of at least 4 members (excludes halogenated alkanes) is 1. The van der Waals surface area contributed by atoms with Crippen molar-refractivity contribution in [3.05, 3.63) is 69.3 Å². The van der Waals surface area contributed by atoms with Crippen molar-refractivity contribution >= 4 is 5.69 Å². The van der Waals surface area contributed by atoms with Crippen LogP contribution < -0.4 is 4.74 Å². The molecule has 0 aromatic heterocycles. The summed E-state index contributed by atoms with van der Waals surface area (Å²) in [5.41, 5.74) is 0.575. The van der Waals surface area contributed by atoms with Crippen molar-refractivity contribution in [1.29, 1.82) is 0 Å². The van der Waals surface area contributed by atoms with Crippen molar-refractivity contribution < 1.29 is 32.7 Å². The molecule has 0 atom stereocenters. The minimum absolute atomic E-state index is 0.0251. The van der Waals surface area contributed by atoms with Crippen molar-refractivity contribution in [2.45, 2.75) is 25.7 Å². The SMILES string of the molecule is O=[N+]([O-])c1cc(C2OCCO2)ccc1OCCCCOCc1cc(F)ccc1F. The van der Waals surface area contributed by atoms with Gasteiger partial charge < -0.3 is 18.9 Å². The van der Waals surface area contributed by atoms with Crippen molar-refractivity contribution in [3.63, 3.8) is 0 Å². The first-order chi connectivity index (χ1) is 14.0. The van der Waals surface area contributed by atoms with E-state index in [1.165, 1.54) is 12.1 Å². The van der Waals surface area contributed by atoms with Crippen LogP contribution in [0.25, 0.3) is 0 Å². The predicted molar refractivity (Wildman–Crippen MR) is 98.5 cm³/mol. The first-order valence-corrected chi connectivity index (χ1v) is 9.20. The lowest BCUT2D eigenvalue weighted by atomic mass is 10.2. The number of ether oxygens (including phenoxy) is 4. The zero-order valence-electron chi connectivity index (χ0n) is 15.6. The number of benzene rings is 2. The summed E-state index contributed by atoms with van der Waals surface area (Å²) in [6.45, 7) is 1.46. The van der Waals surface area contributed by atoms with Gasteiger partial charge in [-0.15, -0.1) is 0 Å². The van der Waals surface area contributed by atoms with E-state index in [4.69, 9.17) is 18.9 Å². The minimum Gasteiger partial charge on any atom is -0.487 e. The van der Waals surface area contributed by atoms with Gasteiger partial charge in [-0.1, -0.05) is 0 Å². The van der Waals surface area contributed by atoms with Gasteiger partial charge in [0, 0.05) is 23.8 Å². The van der Waals surface area contributed by atoms with E-state index in [0.29, 0.717) is 38.2 Å². The Balaban J connectivity index is 1.41. The highest BCUT2D eigenvalue weighted by atomic mass is 19.1. The molecule has 1 aliphatic heterocycles. The van der Waals surface area contributed by atoms with Crippen LogP contribution in [-0.2, 0) is 20.8 Å². The van der Waals surface area contributed by atoms with Gasteiger partial charge in [-0.3, -0.25) is 10.1 Å². The second kappa shape index (κ2) is 10.2. The Labute approximate surface area is 166 Å². The minimum atomic E-state index is -0.595. The normalized spacial score (nSPS) is 14.3. The van der Waals surface area contributed by atoms with Crippen molar-refractivity contribution in [1.82, 2.24) is 0 Å². The molecule has 0 unspecified atom stereocenters. The maximum absolute atomic E-state index is 13.5. The third-order valence-corrected chi connectivity index (χ3v) is 4.28. The lowest BCUT2D eigenvalue weighted by Gasteiger charge is -2.11. The third-order valence-electron chi connectivity index (χ3n) is 4.28. The Morgan fingerprint density at radius 2 is 1.83 bits per heavy atom. The Kier molecular flexibility index (Phi) is 7.45. The van der Waals surface area contributed by atoms with E-state index in [1.54, 1.807) is 6.07 Å². The topological polar surface area (TPSA) is 80.1 Å². The number of nitro benzene ring substituents is 1. The number of hydrogen-bond donors (Lipinski definition) is 0. The fraction of sp³-hybridized carbons (Fsp3) is 0.400. The van der Waals surface area contributed by atoms with Gasteiger partial charge in [-0.2, -0.15) is 0 Å². The largest absolute Gasteiger partial charge is 0.487 e. The summed E-state index contributed by atoms with van der Waals surface area (Å²) in [7, 11) is 0. The number of hydrogen-bond acceptors (Lipinski definition) is 6. The highest BCUT2D eigenvalue weighted by Gasteiger charge is 2.23. The van der Waals surface area contributed by atoms with E-state index in [9.17, 15) is 18.9 Å². The predicted octanol–water partition coefficient (Wildman–Crippen LogP) is 4.29. The number of nitrogens with zero attached hydrogens (tertiary/aromatic N) is 1. The fourth-order valence-electron chi connectivity index (χ4n) is 2.82. The molecule has 1 heterocycles. The highest BCUT2D eigenvalue weighted by Crippen LogP contribution is 2.33. The Hall–Kier alpha value is -2.62. The van der Waals surface area contributed by atoms with Crippen LogP contribution in [0.4, 0.5) is 14.5 Å². The molecule has 0 saturated carbocycles. The molecule has 0 spiro atoms. The third kappa shape index (κ3) is 5.93. The molecule has 0 aliphatic carbocycles. The monoisotopic (exact) mass is 409 g/mol. The van der Waals surface area contributed by atoms with E-state index in [-0.39, 0.29) is 30.2 Å². The quantitative estimate of drug-likeness (QED) is 0.331. The van der Waals surface area contributed by atoms with Gasteiger partial charge in [0.2, 0.25) is 0 Å². The van der Waals surface area contributed by atoms with Crippen LogP contribution in [0.1, 0.15) is 30.3 Å². The number of halogens is 2. The van der Waals surface area contributed by atoms with Crippen LogP contribution in [0.5, 0.6) is 5.75 Å². The van der Waals surface area contributed by atoms with E-state index >= 15 is 0 Å². The van der Waals surface area contributed by atoms with Crippen LogP contribution in [0.15, 0.2) is 36.4 Å². The molecule has 29 heavy (non-hydrogen) atoms. The maximum Gasteiger partial charge on any atom is 0.311 e. The second-order valence-corrected chi connectivity index (χ2v) is 6.40. The van der Waals surface area contributed by atoms with Crippen LogP contribution in [0, 0.1) is 21.7 Å². The number of nitro groups is 1. The van der Waals surface area contributed by atoms with E-state index in [1.807, 2.05) is 0 Å². The van der Waals surface area contributed by atoms with E-state index in [0.717, 1.165) is 18.2 Å². The van der Waals surface area contributed by atoms with Crippen molar-refractivity contribution in [2.24, 2.45) is 0 Å². The Morgan fingerprint density at radius 1 is 1.07 bits per heavy atom. The van der Waals surface area contributed by atoms with Gasteiger partial charge in [0.15, 0.2) is 12.0 Å². The van der Waals surface area contributed by atoms with Gasteiger partial charge in [0.1, 0.15) is 11.6 Å². The van der Waals surface area contributed by atoms with Crippen LogP contribution in [0.3, 0.4) is 0 Å². The lowest BCUT2D eigenvalue weighted by molar-refractivity contribution is -0.386. The first-order valence-electron chi connectivity index (χ1n) is 9.20. The average Bonchev–Trinajstić information content (AvgIpc) is 3.24. The van der Waals surface area contributed by atoms with Crippen LogP contribution in [-0.4, -0.2) is 31.4 Å². The molecule has 1 fully saturated rings. The molecule has 0 amide bonds. The van der Waals surface area contributed by atoms with Gasteiger partial charge in [0.25, 0.3) is 0 Å². The smallest absolute Gasteiger partial charge is 0.311 e. The molecule has 0 radical (unpaired) electrons. The molecular formula is C20H21F2NO6. The summed E-state index contributed by atoms with van der Waals surface area (Å²) >= 11 is 0. The zero-order valence-corrected chi connectivity index (χ0v) is 15.6. The molecule has 1 saturated heterocycles. The average molecular weight is 409 g/mol. The summed E-state index contributed by atoms with van der Waals surface area (Å²) in [4.78, 5) is 10.8. The maximum atomic E-state index is 13.5. The Morgan fingerprint density at radius 3 is 2.59 bits per heavy atom. The molecule has 0 N–H and O–H groups in total. The molecule has 7 nitrogen and oxygen atoms in total. The molecule has 9 heteroatoms. The van der Waals surface area contributed by atoms with Gasteiger partial charge in [-0.25, -0.2) is 8.78 Å². The van der Waals surface area contributed by atoms with Gasteiger partial charge >= 0.3 is 5.69 Å². The summed E-state index contributed by atoms with van der Waals surface area (Å²) in [5.74, 6) is -0.865. The summed E-state index contributed by atoms with van der Waals surface area (Å²) < 4.78 is 48.1. The van der Waals surface area contributed by atoms with E-state index in [2.05, 4.69) is 0 Å². The standard InChI is InChI=1S/C20H21F2NO6/c21-16-4-5-17(22)15(11-16)13-26-7-1-2-8-27-19-6-3-14(12-18(19)23(24)25)20-28-9-10-29-20/h3-6,11-12,20H,1-2,7-10,13H2. The highest BCUT2D eigenvalue weighted by molar-refractivity contribution is 5.49. The second-order valence-electron chi connectivity index (χ2n) is 6.40.